The maximum absolute atomic E-state index is 12.4. The summed E-state index contributed by atoms with van der Waals surface area (Å²) in [4.78, 5) is 21.7. The molecule has 0 aliphatic heterocycles. The zero-order chi connectivity index (χ0) is 15.2. The minimum atomic E-state index is -4.38. The maximum Gasteiger partial charge on any atom is 0.393 e. The molecule has 3 N–H and O–H groups in total. The molecule has 2 amide bonds. The highest BCUT2D eigenvalue weighted by Crippen LogP contribution is 2.25. The highest BCUT2D eigenvalue weighted by Gasteiger charge is 2.28. The molecule has 110 valence electrons. The Kier molecular flexibility index (Phi) is 5.36. The number of nitrogens with one attached hydrogen (secondary N) is 2. The third kappa shape index (κ3) is 6.07. The Morgan fingerprint density at radius 3 is 2.45 bits per heavy atom. The summed E-state index contributed by atoms with van der Waals surface area (Å²) in [5.74, 6) is -1.08. The Balaban J connectivity index is 2.63. The summed E-state index contributed by atoms with van der Waals surface area (Å²) in [5, 5.41) is 12.9. The number of hydrogen-bond donors (Lipinski definition) is 3. The number of aliphatic carboxylic acids is 1. The molecule has 0 radical (unpaired) electrons. The molecule has 0 saturated heterocycles. The van der Waals surface area contributed by atoms with E-state index in [9.17, 15) is 22.8 Å². The molecule has 0 bridgehead atoms. The van der Waals surface area contributed by atoms with Gasteiger partial charge in [-0.3, -0.25) is 4.79 Å². The second-order valence-electron chi connectivity index (χ2n) is 3.97. The van der Waals surface area contributed by atoms with Crippen LogP contribution in [-0.2, 0) is 11.2 Å². The highest BCUT2D eigenvalue weighted by atomic mass is 19.4. The summed E-state index contributed by atoms with van der Waals surface area (Å²) in [7, 11) is 0. The number of carboxylic acids is 1. The third-order valence-electron chi connectivity index (χ3n) is 2.28. The van der Waals surface area contributed by atoms with Crippen molar-refractivity contribution in [2.75, 3.05) is 11.9 Å². The van der Waals surface area contributed by atoms with Gasteiger partial charge in [0.1, 0.15) is 0 Å². The van der Waals surface area contributed by atoms with Gasteiger partial charge in [0.2, 0.25) is 0 Å². The standard InChI is InChI=1S/C12H13F3N2O3/c13-12(14,15)7-8-3-1-2-4-9(8)17-11(20)16-6-5-10(18)19/h1-4H,5-7H2,(H,18,19)(H2,16,17,20). The first-order chi connectivity index (χ1) is 9.28. The van der Waals surface area contributed by atoms with Gasteiger partial charge in [0.05, 0.1) is 12.8 Å². The third-order valence-corrected chi connectivity index (χ3v) is 2.28. The Labute approximate surface area is 112 Å². The molecular weight excluding hydrogens is 277 g/mol. The number of halogens is 3. The van der Waals surface area contributed by atoms with E-state index in [1.807, 2.05) is 0 Å². The maximum atomic E-state index is 12.4. The van der Waals surface area contributed by atoms with Crippen molar-refractivity contribution in [3.05, 3.63) is 29.8 Å². The van der Waals surface area contributed by atoms with Gasteiger partial charge in [-0.2, -0.15) is 13.2 Å². The first kappa shape index (κ1) is 15.8. The fraction of sp³-hybridized carbons (Fsp3) is 0.333. The molecule has 0 unspecified atom stereocenters. The minimum absolute atomic E-state index is 0.0395. The number of benzene rings is 1. The van der Waals surface area contributed by atoms with E-state index in [4.69, 9.17) is 5.11 Å². The molecule has 0 aliphatic carbocycles. The lowest BCUT2D eigenvalue weighted by Gasteiger charge is -2.13. The quantitative estimate of drug-likeness (QED) is 0.779. The summed E-state index contributed by atoms with van der Waals surface area (Å²) >= 11 is 0. The molecule has 0 atom stereocenters. The Morgan fingerprint density at radius 1 is 1.20 bits per heavy atom. The Morgan fingerprint density at radius 2 is 1.85 bits per heavy atom. The molecule has 1 rings (SSSR count). The van der Waals surface area contributed by atoms with Gasteiger partial charge in [-0.1, -0.05) is 18.2 Å². The predicted octanol–water partition coefficient (Wildman–Crippen LogP) is 2.39. The van der Waals surface area contributed by atoms with Gasteiger partial charge in [0, 0.05) is 12.2 Å². The number of amides is 2. The van der Waals surface area contributed by atoms with E-state index < -0.39 is 24.6 Å². The van der Waals surface area contributed by atoms with Crippen LogP contribution in [0.3, 0.4) is 0 Å². The van der Waals surface area contributed by atoms with Crippen molar-refractivity contribution in [2.24, 2.45) is 0 Å². The topological polar surface area (TPSA) is 78.4 Å². The lowest BCUT2D eigenvalue weighted by molar-refractivity contribution is -0.136. The predicted molar refractivity (Wildman–Crippen MR) is 65.5 cm³/mol. The van der Waals surface area contributed by atoms with Crippen LogP contribution in [0.2, 0.25) is 0 Å². The summed E-state index contributed by atoms with van der Waals surface area (Å²) < 4.78 is 37.1. The van der Waals surface area contributed by atoms with Gasteiger partial charge in [0.25, 0.3) is 0 Å². The average molecular weight is 290 g/mol. The normalized spacial score (nSPS) is 10.9. The zero-order valence-corrected chi connectivity index (χ0v) is 10.3. The van der Waals surface area contributed by atoms with Gasteiger partial charge in [-0.05, 0) is 11.6 Å². The van der Waals surface area contributed by atoms with Crippen LogP contribution in [0.25, 0.3) is 0 Å². The molecule has 20 heavy (non-hydrogen) atoms. The van der Waals surface area contributed by atoms with Gasteiger partial charge in [0.15, 0.2) is 0 Å². The summed E-state index contributed by atoms with van der Waals surface area (Å²) in [6.45, 7) is -0.109. The van der Waals surface area contributed by atoms with E-state index >= 15 is 0 Å². The molecule has 0 saturated carbocycles. The van der Waals surface area contributed by atoms with E-state index in [-0.39, 0.29) is 24.2 Å². The molecule has 0 heterocycles. The van der Waals surface area contributed by atoms with Crippen LogP contribution >= 0.6 is 0 Å². The van der Waals surface area contributed by atoms with Crippen LogP contribution in [0.5, 0.6) is 0 Å². The van der Waals surface area contributed by atoms with Gasteiger partial charge in [-0.25, -0.2) is 4.79 Å². The molecule has 8 heteroatoms. The van der Waals surface area contributed by atoms with Crippen molar-refractivity contribution >= 4 is 17.7 Å². The summed E-state index contributed by atoms with van der Waals surface area (Å²) in [6, 6.07) is 4.79. The molecule has 1 aromatic carbocycles. The molecule has 0 fully saturated rings. The number of para-hydroxylation sites is 1. The van der Waals surface area contributed by atoms with Gasteiger partial charge < -0.3 is 15.7 Å². The second kappa shape index (κ2) is 6.78. The van der Waals surface area contributed by atoms with E-state index in [0.717, 1.165) is 0 Å². The van der Waals surface area contributed by atoms with E-state index in [1.165, 1.54) is 24.3 Å². The Hall–Kier alpha value is -2.25. The molecule has 1 aromatic rings. The first-order valence-electron chi connectivity index (χ1n) is 5.69. The van der Waals surface area contributed by atoms with Crippen LogP contribution < -0.4 is 10.6 Å². The largest absolute Gasteiger partial charge is 0.481 e. The fourth-order valence-electron chi connectivity index (χ4n) is 1.46. The number of anilines is 1. The smallest absolute Gasteiger partial charge is 0.393 e. The second-order valence-corrected chi connectivity index (χ2v) is 3.97. The van der Waals surface area contributed by atoms with Crippen molar-refractivity contribution in [3.8, 4) is 0 Å². The minimum Gasteiger partial charge on any atom is -0.481 e. The van der Waals surface area contributed by atoms with Crippen LogP contribution in [0.4, 0.5) is 23.7 Å². The van der Waals surface area contributed by atoms with Crippen molar-refractivity contribution in [2.45, 2.75) is 19.0 Å². The van der Waals surface area contributed by atoms with Gasteiger partial charge in [-0.15, -0.1) is 0 Å². The number of carbonyl (C=O) groups excluding carboxylic acids is 1. The van der Waals surface area contributed by atoms with Crippen molar-refractivity contribution in [1.29, 1.82) is 0 Å². The van der Waals surface area contributed by atoms with Crippen molar-refractivity contribution < 1.29 is 27.9 Å². The molecular formula is C12H13F3N2O3. The number of alkyl halides is 3. The highest BCUT2D eigenvalue weighted by molar-refractivity contribution is 5.90. The summed E-state index contributed by atoms with van der Waals surface area (Å²) in [6.07, 6.45) is -5.80. The average Bonchev–Trinajstić information content (AvgIpc) is 2.29. The number of rotatable bonds is 5. The lowest BCUT2D eigenvalue weighted by Crippen LogP contribution is -2.31. The molecule has 0 spiro atoms. The summed E-state index contributed by atoms with van der Waals surface area (Å²) in [5.41, 5.74) is -0.0222. The van der Waals surface area contributed by atoms with E-state index in [2.05, 4.69) is 10.6 Å². The van der Waals surface area contributed by atoms with Crippen LogP contribution in [0.1, 0.15) is 12.0 Å². The number of carboxylic acid groups (broad SMARTS) is 1. The Bertz CT molecular complexity index is 489. The first-order valence-corrected chi connectivity index (χ1v) is 5.69. The van der Waals surface area contributed by atoms with Crippen LogP contribution in [0, 0.1) is 0 Å². The van der Waals surface area contributed by atoms with E-state index in [1.54, 1.807) is 0 Å². The number of urea groups is 1. The molecule has 0 aromatic heterocycles. The van der Waals surface area contributed by atoms with Gasteiger partial charge >= 0.3 is 18.2 Å². The zero-order valence-electron chi connectivity index (χ0n) is 10.3. The van der Waals surface area contributed by atoms with Crippen molar-refractivity contribution in [1.82, 2.24) is 5.32 Å². The number of carbonyl (C=O) groups is 2. The van der Waals surface area contributed by atoms with Crippen LogP contribution in [0.15, 0.2) is 24.3 Å². The van der Waals surface area contributed by atoms with Crippen LogP contribution in [-0.4, -0.2) is 29.8 Å². The monoisotopic (exact) mass is 290 g/mol. The van der Waals surface area contributed by atoms with E-state index in [0.29, 0.717) is 0 Å². The molecule has 0 aliphatic rings. The lowest BCUT2D eigenvalue weighted by atomic mass is 10.1. The van der Waals surface area contributed by atoms with Crippen molar-refractivity contribution in [3.63, 3.8) is 0 Å². The number of hydrogen-bond acceptors (Lipinski definition) is 2. The molecule has 5 nitrogen and oxygen atoms in total. The fourth-order valence-corrected chi connectivity index (χ4v) is 1.46. The SMILES string of the molecule is O=C(O)CCNC(=O)Nc1ccccc1CC(F)(F)F.